The van der Waals surface area contributed by atoms with Crippen LogP contribution in [0, 0.1) is 17.0 Å². The molecule has 0 bridgehead atoms. The Hall–Kier alpha value is -1.72. The lowest BCUT2D eigenvalue weighted by Gasteiger charge is -2.05. The van der Waals surface area contributed by atoms with Gasteiger partial charge in [-0.3, -0.25) is 10.1 Å². The van der Waals surface area contributed by atoms with Gasteiger partial charge in [-0.2, -0.15) is 0 Å². The monoisotopic (exact) mass is 216 g/mol. The Kier molecular flexibility index (Phi) is 3.54. The zero-order valence-electron chi connectivity index (χ0n) is 7.65. The zero-order valence-corrected chi connectivity index (χ0v) is 7.65. The minimum atomic E-state index is -2.58. The number of hydrogen-bond acceptors (Lipinski definition) is 3. The van der Waals surface area contributed by atoms with Crippen LogP contribution in [-0.2, 0) is 0 Å². The molecule has 0 aliphatic carbocycles. The summed E-state index contributed by atoms with van der Waals surface area (Å²) in [5, 5.41) is 10.4. The zero-order chi connectivity index (χ0) is 11.4. The maximum absolute atomic E-state index is 11.8. The SMILES string of the molecule is [CH2]c1cc(OCC(F)F)ccc1[N+](=O)[O-]. The number of nitro benzene ring substituents is 1. The van der Waals surface area contributed by atoms with E-state index < -0.39 is 18.0 Å². The van der Waals surface area contributed by atoms with E-state index in [4.69, 9.17) is 0 Å². The first-order valence-electron chi connectivity index (χ1n) is 4.02. The van der Waals surface area contributed by atoms with Gasteiger partial charge in [0.25, 0.3) is 12.1 Å². The average molecular weight is 216 g/mol. The molecule has 0 N–H and O–H groups in total. The van der Waals surface area contributed by atoms with Crippen LogP contribution in [0.2, 0.25) is 0 Å². The van der Waals surface area contributed by atoms with E-state index in [9.17, 15) is 18.9 Å². The average Bonchev–Trinajstić information content (AvgIpc) is 2.14. The molecule has 4 nitrogen and oxygen atoms in total. The third-order valence-corrected chi connectivity index (χ3v) is 1.62. The fraction of sp³-hybridized carbons (Fsp3) is 0.222. The molecule has 0 unspecified atom stereocenters. The minimum absolute atomic E-state index is 0.131. The summed E-state index contributed by atoms with van der Waals surface area (Å²) < 4.78 is 28.2. The van der Waals surface area contributed by atoms with Gasteiger partial charge in [-0.15, -0.1) is 0 Å². The number of alkyl halides is 2. The molecular weight excluding hydrogens is 208 g/mol. The van der Waals surface area contributed by atoms with E-state index in [-0.39, 0.29) is 17.0 Å². The minimum Gasteiger partial charge on any atom is -0.488 e. The first kappa shape index (κ1) is 11.4. The van der Waals surface area contributed by atoms with Crippen molar-refractivity contribution < 1.29 is 18.4 Å². The smallest absolute Gasteiger partial charge is 0.272 e. The third-order valence-electron chi connectivity index (χ3n) is 1.62. The van der Waals surface area contributed by atoms with E-state index in [1.807, 2.05) is 0 Å². The van der Waals surface area contributed by atoms with Crippen molar-refractivity contribution in [3.8, 4) is 5.75 Å². The summed E-state index contributed by atoms with van der Waals surface area (Å²) in [4.78, 5) is 9.81. The van der Waals surface area contributed by atoms with Gasteiger partial charge in [0, 0.05) is 11.6 Å². The van der Waals surface area contributed by atoms with Gasteiger partial charge in [0.2, 0.25) is 0 Å². The number of ether oxygens (including phenoxy) is 1. The molecule has 0 aliphatic heterocycles. The molecule has 0 saturated carbocycles. The lowest BCUT2D eigenvalue weighted by molar-refractivity contribution is -0.385. The van der Waals surface area contributed by atoms with Crippen molar-refractivity contribution in [1.29, 1.82) is 0 Å². The van der Waals surface area contributed by atoms with Gasteiger partial charge >= 0.3 is 0 Å². The van der Waals surface area contributed by atoms with E-state index in [0.717, 1.165) is 0 Å². The molecule has 81 valence electrons. The maximum atomic E-state index is 11.8. The topological polar surface area (TPSA) is 52.4 Å². The van der Waals surface area contributed by atoms with Gasteiger partial charge < -0.3 is 4.74 Å². The predicted octanol–water partition coefficient (Wildman–Crippen LogP) is 2.42. The molecule has 0 heterocycles. The molecule has 0 fully saturated rings. The number of rotatable bonds is 4. The van der Waals surface area contributed by atoms with Crippen LogP contribution in [0.3, 0.4) is 0 Å². The summed E-state index contributed by atoms with van der Waals surface area (Å²) in [7, 11) is 0. The largest absolute Gasteiger partial charge is 0.488 e. The summed E-state index contributed by atoms with van der Waals surface area (Å²) in [6.45, 7) is 2.68. The Morgan fingerprint density at radius 1 is 1.53 bits per heavy atom. The highest BCUT2D eigenvalue weighted by atomic mass is 19.3. The summed E-state index contributed by atoms with van der Waals surface area (Å²) in [5.74, 6) is 0.144. The molecule has 15 heavy (non-hydrogen) atoms. The van der Waals surface area contributed by atoms with Gasteiger partial charge in [0.15, 0.2) is 0 Å². The van der Waals surface area contributed by atoms with Crippen LogP contribution >= 0.6 is 0 Å². The Morgan fingerprint density at radius 3 is 2.67 bits per heavy atom. The second-order valence-corrected chi connectivity index (χ2v) is 2.75. The van der Waals surface area contributed by atoms with Crippen LogP contribution in [-0.4, -0.2) is 18.0 Å². The Balaban J connectivity index is 2.78. The van der Waals surface area contributed by atoms with E-state index in [1.165, 1.54) is 18.2 Å². The van der Waals surface area contributed by atoms with Gasteiger partial charge in [-0.05, 0) is 19.1 Å². The number of benzene rings is 1. The van der Waals surface area contributed by atoms with Crippen molar-refractivity contribution in [3.05, 3.63) is 40.8 Å². The number of nitro groups is 1. The summed E-state index contributed by atoms with van der Waals surface area (Å²) >= 11 is 0. The molecule has 1 radical (unpaired) electrons. The first-order valence-corrected chi connectivity index (χ1v) is 4.02. The van der Waals surface area contributed by atoms with Gasteiger partial charge in [-0.1, -0.05) is 0 Å². The lowest BCUT2D eigenvalue weighted by Crippen LogP contribution is -2.07. The standard InChI is InChI=1S/C9H8F2NO3/c1-6-4-7(15-5-9(10)11)2-3-8(6)12(13)14/h2-4,9H,1,5H2. The third kappa shape index (κ3) is 3.16. The van der Waals surface area contributed by atoms with Crippen LogP contribution < -0.4 is 4.74 Å². The normalized spacial score (nSPS) is 10.4. The quantitative estimate of drug-likeness (QED) is 0.573. The molecular formula is C9H8F2NO3. The Morgan fingerprint density at radius 2 is 2.20 bits per heavy atom. The number of hydrogen-bond donors (Lipinski definition) is 0. The lowest BCUT2D eigenvalue weighted by atomic mass is 10.2. The van der Waals surface area contributed by atoms with Crippen LogP contribution in [0.15, 0.2) is 18.2 Å². The van der Waals surface area contributed by atoms with Crippen LogP contribution in [0.5, 0.6) is 5.75 Å². The molecule has 1 aromatic rings. The molecule has 1 aromatic carbocycles. The van der Waals surface area contributed by atoms with Gasteiger partial charge in [0.1, 0.15) is 12.4 Å². The molecule has 0 aliphatic rings. The van der Waals surface area contributed by atoms with Gasteiger partial charge in [-0.25, -0.2) is 8.78 Å². The maximum Gasteiger partial charge on any atom is 0.272 e. The molecule has 1 rings (SSSR count). The van der Waals surface area contributed by atoms with Crippen molar-refractivity contribution >= 4 is 5.69 Å². The second kappa shape index (κ2) is 4.68. The molecule has 0 spiro atoms. The molecule has 0 aromatic heterocycles. The van der Waals surface area contributed by atoms with Crippen LogP contribution in [0.1, 0.15) is 5.56 Å². The molecule has 0 amide bonds. The van der Waals surface area contributed by atoms with Gasteiger partial charge in [0.05, 0.1) is 4.92 Å². The Bertz CT molecular complexity index is 368. The fourth-order valence-corrected chi connectivity index (χ4v) is 0.989. The highest BCUT2D eigenvalue weighted by Crippen LogP contribution is 2.23. The van der Waals surface area contributed by atoms with Crippen molar-refractivity contribution in [2.75, 3.05) is 6.61 Å². The van der Waals surface area contributed by atoms with Crippen LogP contribution in [0.25, 0.3) is 0 Å². The van der Waals surface area contributed by atoms with E-state index in [2.05, 4.69) is 11.7 Å². The van der Waals surface area contributed by atoms with Crippen LogP contribution in [0.4, 0.5) is 14.5 Å². The van der Waals surface area contributed by atoms with Crippen molar-refractivity contribution in [3.63, 3.8) is 0 Å². The molecule has 0 atom stereocenters. The summed E-state index contributed by atoms with van der Waals surface area (Å²) in [6, 6.07) is 3.68. The second-order valence-electron chi connectivity index (χ2n) is 2.75. The summed E-state index contributed by atoms with van der Waals surface area (Å²) in [6.07, 6.45) is -2.58. The molecule has 6 heteroatoms. The van der Waals surface area contributed by atoms with Crippen molar-refractivity contribution in [2.45, 2.75) is 6.43 Å². The fourth-order valence-electron chi connectivity index (χ4n) is 0.989. The molecule has 0 saturated heterocycles. The number of nitrogens with zero attached hydrogens (tertiary/aromatic N) is 1. The van der Waals surface area contributed by atoms with E-state index in [1.54, 1.807) is 0 Å². The van der Waals surface area contributed by atoms with E-state index >= 15 is 0 Å². The van der Waals surface area contributed by atoms with Crippen molar-refractivity contribution in [2.24, 2.45) is 0 Å². The van der Waals surface area contributed by atoms with Crippen molar-refractivity contribution in [1.82, 2.24) is 0 Å². The Labute approximate surface area is 84.6 Å². The summed E-state index contributed by atoms with van der Waals surface area (Å²) in [5.41, 5.74) is -0.0360. The predicted molar refractivity (Wildman–Crippen MR) is 49.1 cm³/mol. The highest BCUT2D eigenvalue weighted by molar-refractivity contribution is 5.46. The number of halogens is 2. The highest BCUT2D eigenvalue weighted by Gasteiger charge is 2.11. The van der Waals surface area contributed by atoms with E-state index in [0.29, 0.717) is 0 Å². The first-order chi connectivity index (χ1) is 7.00.